The molecule has 0 saturated heterocycles. The zero-order chi connectivity index (χ0) is 9.47. The first-order valence-corrected chi connectivity index (χ1v) is 6.19. The van der Waals surface area contributed by atoms with Crippen molar-refractivity contribution in [2.24, 2.45) is 22.9 Å². The molecule has 0 spiro atoms. The maximum Gasteiger partial charge on any atom is 0.333 e. The van der Waals surface area contributed by atoms with Gasteiger partial charge in [0.2, 0.25) is 0 Å². The summed E-state index contributed by atoms with van der Waals surface area (Å²) in [5, 5.41) is 4.76. The van der Waals surface area contributed by atoms with Crippen LogP contribution in [0.4, 0.5) is 0 Å². The molecule has 0 amide bonds. The fourth-order valence-electron chi connectivity index (χ4n) is 2.76. The molecule has 5 heteroatoms. The fourth-order valence-corrected chi connectivity index (χ4v) is 3.13. The number of hydrogen-bond donors (Lipinski definition) is 1. The van der Waals surface area contributed by atoms with Crippen LogP contribution >= 0.6 is 0 Å². The summed E-state index contributed by atoms with van der Waals surface area (Å²) in [6.07, 6.45) is 4.94. The summed E-state index contributed by atoms with van der Waals surface area (Å²) in [5.74, 6) is 1.93. The Morgan fingerprint density at radius 1 is 1.31 bits per heavy atom. The van der Waals surface area contributed by atoms with Gasteiger partial charge in [0, 0.05) is 0 Å². The second-order valence-electron chi connectivity index (χ2n) is 4.21. The topological polar surface area (TPSA) is 69.4 Å². The standard InChI is InChI=1S/C8H15NO3S/c9-13(10,11)12-5-8-4-6-1-2-7(8)3-6/h6-8H,1-5H2,(H2,9,10,11)/t6-,7-,8?/m1/s1. The summed E-state index contributed by atoms with van der Waals surface area (Å²) in [7, 11) is -3.73. The van der Waals surface area contributed by atoms with Gasteiger partial charge in [0.1, 0.15) is 0 Å². The molecule has 2 N–H and O–H groups in total. The van der Waals surface area contributed by atoms with E-state index in [1.165, 1.54) is 19.3 Å². The van der Waals surface area contributed by atoms with Gasteiger partial charge < -0.3 is 0 Å². The van der Waals surface area contributed by atoms with Gasteiger partial charge in [0.05, 0.1) is 6.61 Å². The second-order valence-corrected chi connectivity index (χ2v) is 5.43. The van der Waals surface area contributed by atoms with E-state index in [0.29, 0.717) is 18.4 Å². The molecule has 0 radical (unpaired) electrons. The van der Waals surface area contributed by atoms with Crippen molar-refractivity contribution in [2.45, 2.75) is 25.7 Å². The number of fused-ring (bicyclic) bond motifs is 2. The monoisotopic (exact) mass is 205 g/mol. The van der Waals surface area contributed by atoms with Crippen molar-refractivity contribution >= 4 is 10.3 Å². The molecule has 0 aromatic carbocycles. The second kappa shape index (κ2) is 3.22. The first kappa shape index (κ1) is 9.43. The van der Waals surface area contributed by atoms with Gasteiger partial charge in [-0.2, -0.15) is 8.42 Å². The quantitative estimate of drug-likeness (QED) is 0.735. The molecule has 0 aliphatic heterocycles. The fraction of sp³-hybridized carbons (Fsp3) is 1.00. The van der Waals surface area contributed by atoms with Crippen LogP contribution in [-0.4, -0.2) is 15.0 Å². The highest BCUT2D eigenvalue weighted by atomic mass is 32.2. The molecule has 3 atom stereocenters. The van der Waals surface area contributed by atoms with Gasteiger partial charge in [-0.1, -0.05) is 6.42 Å². The molecule has 2 aliphatic carbocycles. The van der Waals surface area contributed by atoms with Gasteiger partial charge in [-0.3, -0.25) is 4.18 Å². The third-order valence-electron chi connectivity index (χ3n) is 3.33. The Morgan fingerprint density at radius 3 is 2.54 bits per heavy atom. The van der Waals surface area contributed by atoms with E-state index in [-0.39, 0.29) is 0 Å². The van der Waals surface area contributed by atoms with Crippen LogP contribution in [-0.2, 0) is 14.5 Å². The molecule has 2 rings (SSSR count). The van der Waals surface area contributed by atoms with Crippen molar-refractivity contribution in [2.75, 3.05) is 6.61 Å². The number of nitrogens with two attached hydrogens (primary N) is 1. The smallest absolute Gasteiger partial charge is 0.258 e. The van der Waals surface area contributed by atoms with Crippen LogP contribution in [0.5, 0.6) is 0 Å². The lowest BCUT2D eigenvalue weighted by atomic mass is 9.90. The van der Waals surface area contributed by atoms with Gasteiger partial charge >= 0.3 is 10.3 Å². The number of hydrogen-bond acceptors (Lipinski definition) is 3. The first-order valence-electron chi connectivity index (χ1n) is 4.72. The molecule has 2 bridgehead atoms. The average Bonchev–Trinajstić information content (AvgIpc) is 2.58. The van der Waals surface area contributed by atoms with Crippen LogP contribution in [0.1, 0.15) is 25.7 Å². The highest BCUT2D eigenvalue weighted by Crippen LogP contribution is 2.48. The van der Waals surface area contributed by atoms with Crippen LogP contribution < -0.4 is 5.14 Å². The molecular weight excluding hydrogens is 190 g/mol. The molecule has 1 unspecified atom stereocenters. The van der Waals surface area contributed by atoms with Crippen molar-refractivity contribution in [3.8, 4) is 0 Å². The summed E-state index contributed by atoms with van der Waals surface area (Å²) >= 11 is 0. The minimum Gasteiger partial charge on any atom is -0.258 e. The summed E-state index contributed by atoms with van der Waals surface area (Å²) in [6, 6.07) is 0. The van der Waals surface area contributed by atoms with Crippen molar-refractivity contribution in [3.05, 3.63) is 0 Å². The van der Waals surface area contributed by atoms with Crippen LogP contribution in [0.2, 0.25) is 0 Å². The van der Waals surface area contributed by atoms with Gasteiger partial charge in [-0.05, 0) is 37.0 Å². The maximum atomic E-state index is 10.5. The third-order valence-corrected chi connectivity index (χ3v) is 3.80. The van der Waals surface area contributed by atoms with E-state index in [4.69, 9.17) is 5.14 Å². The minimum atomic E-state index is -3.73. The lowest BCUT2D eigenvalue weighted by Gasteiger charge is -2.20. The lowest BCUT2D eigenvalue weighted by Crippen LogP contribution is -2.23. The van der Waals surface area contributed by atoms with Gasteiger partial charge in [-0.25, -0.2) is 5.14 Å². The predicted octanol–water partition coefficient (Wildman–Crippen LogP) is 0.643. The molecule has 76 valence electrons. The molecule has 0 aromatic heterocycles. The zero-order valence-corrected chi connectivity index (χ0v) is 8.29. The van der Waals surface area contributed by atoms with E-state index in [1.54, 1.807) is 0 Å². The van der Waals surface area contributed by atoms with E-state index in [2.05, 4.69) is 4.18 Å². The largest absolute Gasteiger partial charge is 0.333 e. The molecule has 2 aliphatic rings. The molecule has 2 saturated carbocycles. The molecular formula is C8H15NO3S. The SMILES string of the molecule is NS(=O)(=O)OCC1C[C@@H]2CC[C@@H]1C2. The van der Waals surface area contributed by atoms with Crippen molar-refractivity contribution < 1.29 is 12.6 Å². The van der Waals surface area contributed by atoms with Crippen LogP contribution in [0.15, 0.2) is 0 Å². The summed E-state index contributed by atoms with van der Waals surface area (Å²) in [5.41, 5.74) is 0. The van der Waals surface area contributed by atoms with Crippen molar-refractivity contribution in [3.63, 3.8) is 0 Å². The van der Waals surface area contributed by atoms with Crippen molar-refractivity contribution in [1.29, 1.82) is 0 Å². The Kier molecular flexibility index (Phi) is 2.33. The molecule has 2 fully saturated rings. The van der Waals surface area contributed by atoms with Crippen LogP contribution in [0, 0.1) is 17.8 Å². The Balaban J connectivity index is 1.84. The average molecular weight is 205 g/mol. The Hall–Kier alpha value is -0.130. The highest BCUT2D eigenvalue weighted by Gasteiger charge is 2.39. The van der Waals surface area contributed by atoms with E-state index in [1.807, 2.05) is 0 Å². The Morgan fingerprint density at radius 2 is 2.08 bits per heavy atom. The first-order chi connectivity index (χ1) is 6.04. The van der Waals surface area contributed by atoms with E-state index in [9.17, 15) is 8.42 Å². The predicted molar refractivity (Wildman–Crippen MR) is 48.0 cm³/mol. The van der Waals surface area contributed by atoms with Gasteiger partial charge in [0.25, 0.3) is 0 Å². The van der Waals surface area contributed by atoms with Gasteiger partial charge in [-0.15, -0.1) is 0 Å². The molecule has 0 aromatic rings. The Labute approximate surface area is 78.7 Å². The summed E-state index contributed by atoms with van der Waals surface area (Å²) in [6.45, 7) is 0.292. The molecule has 0 heterocycles. The zero-order valence-electron chi connectivity index (χ0n) is 7.48. The van der Waals surface area contributed by atoms with E-state index in [0.717, 1.165) is 12.3 Å². The Bertz CT molecular complexity index is 288. The normalized spacial score (nSPS) is 38.4. The van der Waals surface area contributed by atoms with Crippen LogP contribution in [0.25, 0.3) is 0 Å². The number of rotatable bonds is 3. The molecule has 13 heavy (non-hydrogen) atoms. The molecule has 4 nitrogen and oxygen atoms in total. The van der Waals surface area contributed by atoms with Crippen LogP contribution in [0.3, 0.4) is 0 Å². The maximum absolute atomic E-state index is 10.5. The minimum absolute atomic E-state index is 0.292. The highest BCUT2D eigenvalue weighted by molar-refractivity contribution is 7.84. The summed E-state index contributed by atoms with van der Waals surface area (Å²) in [4.78, 5) is 0. The lowest BCUT2D eigenvalue weighted by molar-refractivity contribution is 0.200. The van der Waals surface area contributed by atoms with Crippen molar-refractivity contribution in [1.82, 2.24) is 0 Å². The van der Waals surface area contributed by atoms with Gasteiger partial charge in [0.15, 0.2) is 0 Å². The van der Waals surface area contributed by atoms with E-state index >= 15 is 0 Å². The van der Waals surface area contributed by atoms with E-state index < -0.39 is 10.3 Å². The third kappa shape index (κ3) is 2.21. The summed E-state index contributed by atoms with van der Waals surface area (Å²) < 4.78 is 25.7.